The van der Waals surface area contributed by atoms with Gasteiger partial charge in [0.2, 0.25) is 0 Å². The van der Waals surface area contributed by atoms with Gasteiger partial charge in [-0.15, -0.1) is 0 Å². The fraction of sp³-hybridized carbons (Fsp3) is 0.545. The molecule has 8 N–H and O–H groups in total. The first-order valence-electron chi connectivity index (χ1n) is 10.2. The molecule has 2 fully saturated rings. The molecular weight excluding hydrogens is 462 g/mol. The van der Waals surface area contributed by atoms with Crippen LogP contribution in [0.3, 0.4) is 0 Å². The molecule has 0 bridgehead atoms. The molecule has 1 aromatic rings. The molecule has 0 radical (unpaired) electrons. The Morgan fingerprint density at radius 2 is 0.971 bits per heavy atom. The quantitative estimate of drug-likeness (QED) is 0.194. The predicted octanol–water partition coefficient (Wildman–Crippen LogP) is -3.65. The Morgan fingerprint density at radius 1 is 0.618 bits per heavy atom. The molecule has 0 aliphatic carbocycles. The summed E-state index contributed by atoms with van der Waals surface area (Å²) in [5.41, 5.74) is -0.874. The molecule has 0 aromatic heterocycles. The van der Waals surface area contributed by atoms with Crippen LogP contribution in [-0.2, 0) is 9.47 Å². The summed E-state index contributed by atoms with van der Waals surface area (Å²) in [6.07, 6.45) is -15.1. The average Bonchev–Trinajstić information content (AvgIpc) is 2.82. The van der Waals surface area contributed by atoms with Crippen molar-refractivity contribution in [3.63, 3.8) is 0 Å². The molecule has 10 unspecified atom stereocenters. The van der Waals surface area contributed by atoms with E-state index in [0.717, 1.165) is 0 Å². The van der Waals surface area contributed by atoms with Crippen molar-refractivity contribution in [2.75, 3.05) is 13.2 Å². The van der Waals surface area contributed by atoms with Gasteiger partial charge >= 0.3 is 0 Å². The fourth-order valence-corrected chi connectivity index (χ4v) is 3.48. The summed E-state index contributed by atoms with van der Waals surface area (Å²) in [5, 5.41) is 77.4. The molecule has 12 heteroatoms. The molecule has 10 atom stereocenters. The van der Waals surface area contributed by atoms with E-state index in [0.29, 0.717) is 12.1 Å². The average molecular weight is 486 g/mol. The Kier molecular flexibility index (Phi) is 8.57. The molecule has 3 rings (SSSR count). The van der Waals surface area contributed by atoms with E-state index in [1.165, 1.54) is 0 Å². The van der Waals surface area contributed by atoms with Crippen LogP contribution in [0, 0.1) is 35.3 Å². The third-order valence-electron chi connectivity index (χ3n) is 5.54. The van der Waals surface area contributed by atoms with Gasteiger partial charge in [0.15, 0.2) is 0 Å². The maximum atomic E-state index is 14.5. The third kappa shape index (κ3) is 5.38. The first kappa shape index (κ1) is 26.4. The third-order valence-corrected chi connectivity index (χ3v) is 5.54. The fourth-order valence-electron chi connectivity index (χ4n) is 3.48. The van der Waals surface area contributed by atoms with Crippen LogP contribution in [0.1, 0.15) is 11.1 Å². The van der Waals surface area contributed by atoms with Gasteiger partial charge in [-0.05, 0) is 12.1 Å². The monoisotopic (exact) mass is 486 g/mol. The second kappa shape index (κ2) is 11.0. The molecule has 0 spiro atoms. The van der Waals surface area contributed by atoms with Crippen LogP contribution in [0.15, 0.2) is 12.1 Å². The molecule has 2 aliphatic rings. The molecular formula is C22H24F2O10. The molecule has 34 heavy (non-hydrogen) atoms. The van der Waals surface area contributed by atoms with Crippen molar-refractivity contribution < 1.29 is 59.1 Å². The van der Waals surface area contributed by atoms with E-state index in [-0.39, 0.29) is 0 Å². The lowest BCUT2D eigenvalue weighted by Gasteiger charge is -2.37. The first-order valence-corrected chi connectivity index (χ1v) is 10.2. The van der Waals surface area contributed by atoms with Gasteiger partial charge in [0.1, 0.15) is 72.7 Å². The van der Waals surface area contributed by atoms with Crippen molar-refractivity contribution in [2.45, 2.75) is 61.0 Å². The second-order valence-electron chi connectivity index (χ2n) is 7.85. The second-order valence-corrected chi connectivity index (χ2v) is 7.85. The normalized spacial score (nSPS) is 37.8. The number of hydrogen-bond donors (Lipinski definition) is 8. The molecule has 2 aliphatic heterocycles. The Labute approximate surface area is 192 Å². The predicted molar refractivity (Wildman–Crippen MR) is 108 cm³/mol. The van der Waals surface area contributed by atoms with Crippen LogP contribution in [0.4, 0.5) is 8.78 Å². The maximum Gasteiger partial charge on any atom is 0.147 e. The van der Waals surface area contributed by atoms with Crippen LogP contribution in [0.25, 0.3) is 0 Å². The molecule has 0 saturated carbocycles. The molecule has 2 heterocycles. The van der Waals surface area contributed by atoms with Gasteiger partial charge in [-0.2, -0.15) is 0 Å². The van der Waals surface area contributed by atoms with Crippen molar-refractivity contribution in [1.82, 2.24) is 0 Å². The van der Waals surface area contributed by atoms with E-state index >= 15 is 0 Å². The number of hydrogen-bond acceptors (Lipinski definition) is 10. The van der Waals surface area contributed by atoms with E-state index in [1.54, 1.807) is 0 Å². The highest BCUT2D eigenvalue weighted by atomic mass is 19.1. The lowest BCUT2D eigenvalue weighted by atomic mass is 9.95. The Morgan fingerprint density at radius 3 is 1.29 bits per heavy atom. The Bertz CT molecular complexity index is 915. The standard InChI is InChI=1S/C22H24F2O10/c23-11-6-10(2-4-14-18(28)22(32)20(30)16(8-26)34-14)12(24)5-9(11)1-3-13-17(27)21(31)19(29)15(7-25)33-13/h5-6,13-22,25-32H,7-8H2. The summed E-state index contributed by atoms with van der Waals surface area (Å²) in [7, 11) is 0. The van der Waals surface area contributed by atoms with E-state index in [4.69, 9.17) is 9.47 Å². The van der Waals surface area contributed by atoms with Crippen LogP contribution in [0.5, 0.6) is 0 Å². The summed E-state index contributed by atoms with van der Waals surface area (Å²) in [4.78, 5) is 0. The van der Waals surface area contributed by atoms with Gasteiger partial charge in [-0.3, -0.25) is 0 Å². The van der Waals surface area contributed by atoms with E-state index in [9.17, 15) is 49.6 Å². The van der Waals surface area contributed by atoms with Crippen molar-refractivity contribution in [2.24, 2.45) is 0 Å². The zero-order valence-electron chi connectivity index (χ0n) is 17.5. The van der Waals surface area contributed by atoms with E-state index in [2.05, 4.69) is 23.7 Å². The minimum atomic E-state index is -1.67. The number of aliphatic hydroxyl groups is 8. The zero-order chi connectivity index (χ0) is 25.2. The molecule has 0 amide bonds. The SMILES string of the molecule is OCC1OC(C#Cc2cc(F)c(C#CC3OC(CO)C(O)C(O)C3O)cc2F)C(O)C(O)C1O. The number of aliphatic hydroxyl groups excluding tert-OH is 8. The summed E-state index contributed by atoms with van der Waals surface area (Å²) >= 11 is 0. The van der Waals surface area contributed by atoms with Crippen molar-refractivity contribution >= 4 is 0 Å². The van der Waals surface area contributed by atoms with Crippen LogP contribution >= 0.6 is 0 Å². The van der Waals surface area contributed by atoms with Gasteiger partial charge < -0.3 is 50.3 Å². The summed E-state index contributed by atoms with van der Waals surface area (Å²) in [6.45, 7) is -1.35. The minimum absolute atomic E-state index is 0.437. The van der Waals surface area contributed by atoms with Crippen LogP contribution < -0.4 is 0 Å². The Balaban J connectivity index is 1.80. The highest BCUT2D eigenvalue weighted by Gasteiger charge is 2.43. The lowest BCUT2D eigenvalue weighted by Crippen LogP contribution is -2.58. The summed E-state index contributed by atoms with van der Waals surface area (Å²) in [5.74, 6) is 7.19. The van der Waals surface area contributed by atoms with E-state index in [1.807, 2.05) is 0 Å². The van der Waals surface area contributed by atoms with Crippen molar-refractivity contribution in [1.29, 1.82) is 0 Å². The van der Waals surface area contributed by atoms with Crippen LogP contribution in [-0.4, -0.2) is 115 Å². The van der Waals surface area contributed by atoms with Gasteiger partial charge in [0.25, 0.3) is 0 Å². The molecule has 1 aromatic carbocycles. The number of benzene rings is 1. The van der Waals surface area contributed by atoms with Crippen molar-refractivity contribution in [3.8, 4) is 23.7 Å². The number of rotatable bonds is 2. The van der Waals surface area contributed by atoms with Crippen LogP contribution in [0.2, 0.25) is 0 Å². The van der Waals surface area contributed by atoms with Gasteiger partial charge in [-0.25, -0.2) is 8.78 Å². The highest BCUT2D eigenvalue weighted by Crippen LogP contribution is 2.22. The summed E-state index contributed by atoms with van der Waals surface area (Å²) in [6, 6.07) is 1.42. The van der Waals surface area contributed by atoms with Gasteiger partial charge in [-0.1, -0.05) is 23.7 Å². The van der Waals surface area contributed by atoms with Gasteiger partial charge in [0.05, 0.1) is 24.3 Å². The molecule has 10 nitrogen and oxygen atoms in total. The first-order chi connectivity index (χ1) is 16.1. The molecule has 186 valence electrons. The van der Waals surface area contributed by atoms with Crippen molar-refractivity contribution in [3.05, 3.63) is 34.9 Å². The topological polar surface area (TPSA) is 180 Å². The Hall–Kier alpha value is -2.20. The van der Waals surface area contributed by atoms with E-state index < -0.39 is 97.0 Å². The smallest absolute Gasteiger partial charge is 0.147 e. The zero-order valence-corrected chi connectivity index (χ0v) is 17.5. The highest BCUT2D eigenvalue weighted by molar-refractivity contribution is 5.45. The number of ether oxygens (including phenoxy) is 2. The molecule has 2 saturated heterocycles. The lowest BCUT2D eigenvalue weighted by molar-refractivity contribution is -0.214. The summed E-state index contributed by atoms with van der Waals surface area (Å²) < 4.78 is 39.3. The van der Waals surface area contributed by atoms with Gasteiger partial charge in [0, 0.05) is 0 Å². The minimum Gasteiger partial charge on any atom is -0.394 e. The largest absolute Gasteiger partial charge is 0.394 e. The number of halogens is 2. The maximum absolute atomic E-state index is 14.5.